The topological polar surface area (TPSA) is 54.8 Å². The Balaban J connectivity index is 2.42. The third kappa shape index (κ3) is 2.07. The van der Waals surface area contributed by atoms with Gasteiger partial charge in [0.2, 0.25) is 0 Å². The molecule has 0 unspecified atom stereocenters. The summed E-state index contributed by atoms with van der Waals surface area (Å²) < 4.78 is 0. The molecule has 0 aliphatic rings. The van der Waals surface area contributed by atoms with Crippen LogP contribution in [-0.2, 0) is 0 Å². The summed E-state index contributed by atoms with van der Waals surface area (Å²) in [5.41, 5.74) is 0. The van der Waals surface area contributed by atoms with Crippen molar-refractivity contribution in [3.05, 3.63) is 30.7 Å². The second kappa shape index (κ2) is 4.00. The third-order valence-electron chi connectivity index (χ3n) is 1.86. The minimum absolute atomic E-state index is 0.543. The van der Waals surface area contributed by atoms with E-state index in [0.29, 0.717) is 11.6 Å². The molecule has 0 spiro atoms. The van der Waals surface area contributed by atoms with Crippen LogP contribution in [0.15, 0.2) is 30.7 Å². The fraction of sp³-hybridized carbons (Fsp3) is 0.200. The number of hydrogen-bond acceptors (Lipinski definition) is 5. The Morgan fingerprint density at radius 3 is 2.27 bits per heavy atom. The highest BCUT2D eigenvalue weighted by molar-refractivity contribution is 5.47. The van der Waals surface area contributed by atoms with Crippen LogP contribution in [0, 0.1) is 0 Å². The minimum atomic E-state index is 0.543. The van der Waals surface area contributed by atoms with E-state index in [-0.39, 0.29) is 0 Å². The van der Waals surface area contributed by atoms with Crippen LogP contribution < -0.4 is 4.90 Å². The van der Waals surface area contributed by atoms with E-state index < -0.39 is 0 Å². The summed E-state index contributed by atoms with van der Waals surface area (Å²) in [4.78, 5) is 18.6. The number of hydrogen-bond donors (Lipinski definition) is 0. The number of nitrogens with zero attached hydrogens (tertiary/aromatic N) is 5. The Hall–Kier alpha value is -2.04. The molecule has 0 saturated heterocycles. The molecule has 2 aromatic heterocycles. The molecule has 2 rings (SSSR count). The molecule has 0 radical (unpaired) electrons. The van der Waals surface area contributed by atoms with Crippen molar-refractivity contribution in [2.45, 2.75) is 0 Å². The van der Waals surface area contributed by atoms with Gasteiger partial charge in [0, 0.05) is 32.7 Å². The molecule has 0 aromatic carbocycles. The van der Waals surface area contributed by atoms with Crippen LogP contribution in [0.4, 0.5) is 5.82 Å². The second-order valence-corrected chi connectivity index (χ2v) is 3.21. The molecule has 76 valence electrons. The smallest absolute Gasteiger partial charge is 0.199 e. The molecule has 0 saturated carbocycles. The van der Waals surface area contributed by atoms with Gasteiger partial charge >= 0.3 is 0 Å². The fourth-order valence-corrected chi connectivity index (χ4v) is 1.12. The summed E-state index contributed by atoms with van der Waals surface area (Å²) >= 11 is 0. The Morgan fingerprint density at radius 1 is 0.933 bits per heavy atom. The van der Waals surface area contributed by atoms with E-state index in [4.69, 9.17) is 0 Å². The molecule has 0 bridgehead atoms. The Labute approximate surface area is 87.9 Å². The monoisotopic (exact) mass is 201 g/mol. The number of anilines is 1. The van der Waals surface area contributed by atoms with Gasteiger partial charge in [-0.1, -0.05) is 0 Å². The van der Waals surface area contributed by atoms with Gasteiger partial charge in [-0.3, -0.25) is 0 Å². The first-order valence-electron chi connectivity index (χ1n) is 4.55. The molecule has 0 aliphatic carbocycles. The average molecular weight is 201 g/mol. The molecular formula is C10H11N5. The molecule has 0 N–H and O–H groups in total. The molecule has 2 aromatic rings. The zero-order chi connectivity index (χ0) is 10.7. The summed E-state index contributed by atoms with van der Waals surface area (Å²) in [5.74, 6) is 1.93. The maximum Gasteiger partial charge on any atom is 0.199 e. The van der Waals surface area contributed by atoms with Crippen LogP contribution in [0.5, 0.6) is 0 Å². The van der Waals surface area contributed by atoms with Crippen molar-refractivity contribution in [2.75, 3.05) is 19.0 Å². The number of aromatic nitrogens is 4. The Bertz CT molecular complexity index is 441. The van der Waals surface area contributed by atoms with Crippen LogP contribution in [0.2, 0.25) is 0 Å². The molecule has 0 aliphatic heterocycles. The first-order valence-corrected chi connectivity index (χ1v) is 4.55. The van der Waals surface area contributed by atoms with E-state index in [1.165, 1.54) is 0 Å². The van der Waals surface area contributed by atoms with Gasteiger partial charge in [-0.25, -0.2) is 19.9 Å². The van der Waals surface area contributed by atoms with Crippen LogP contribution in [0.1, 0.15) is 0 Å². The van der Waals surface area contributed by atoms with Crippen LogP contribution in [-0.4, -0.2) is 34.0 Å². The van der Waals surface area contributed by atoms with Gasteiger partial charge in [-0.15, -0.1) is 0 Å². The standard InChI is InChI=1S/C10H11N5/c1-15(2)8-4-7-13-10(14-8)9-11-5-3-6-12-9/h3-7H,1-2H3. The summed E-state index contributed by atoms with van der Waals surface area (Å²) in [6.07, 6.45) is 5.05. The van der Waals surface area contributed by atoms with E-state index in [0.717, 1.165) is 5.82 Å². The first-order chi connectivity index (χ1) is 7.27. The van der Waals surface area contributed by atoms with Gasteiger partial charge in [0.05, 0.1) is 0 Å². The highest BCUT2D eigenvalue weighted by Crippen LogP contribution is 2.11. The van der Waals surface area contributed by atoms with E-state index >= 15 is 0 Å². The lowest BCUT2D eigenvalue weighted by Gasteiger charge is -2.10. The fourth-order valence-electron chi connectivity index (χ4n) is 1.12. The van der Waals surface area contributed by atoms with Crippen molar-refractivity contribution in [1.29, 1.82) is 0 Å². The van der Waals surface area contributed by atoms with E-state index in [2.05, 4.69) is 19.9 Å². The first kappa shape index (κ1) is 9.51. The van der Waals surface area contributed by atoms with Crippen LogP contribution in [0.3, 0.4) is 0 Å². The normalized spacial score (nSPS) is 10.0. The predicted octanol–water partition coefficient (Wildman–Crippen LogP) is 1.000. The van der Waals surface area contributed by atoms with Crippen molar-refractivity contribution in [2.24, 2.45) is 0 Å². The molecule has 5 nitrogen and oxygen atoms in total. The molecule has 5 heteroatoms. The van der Waals surface area contributed by atoms with Gasteiger partial charge in [-0.05, 0) is 12.1 Å². The highest BCUT2D eigenvalue weighted by Gasteiger charge is 2.05. The van der Waals surface area contributed by atoms with Crippen molar-refractivity contribution >= 4 is 5.82 Å². The molecule has 15 heavy (non-hydrogen) atoms. The SMILES string of the molecule is CN(C)c1ccnc(-c2ncccn2)n1. The maximum atomic E-state index is 4.33. The third-order valence-corrected chi connectivity index (χ3v) is 1.86. The minimum Gasteiger partial charge on any atom is -0.363 e. The van der Waals surface area contributed by atoms with Gasteiger partial charge in [-0.2, -0.15) is 0 Å². The average Bonchev–Trinajstić information content (AvgIpc) is 2.30. The van der Waals surface area contributed by atoms with Crippen molar-refractivity contribution in [3.63, 3.8) is 0 Å². The van der Waals surface area contributed by atoms with Gasteiger partial charge in [0.15, 0.2) is 11.6 Å². The second-order valence-electron chi connectivity index (χ2n) is 3.21. The van der Waals surface area contributed by atoms with Crippen molar-refractivity contribution in [1.82, 2.24) is 19.9 Å². The quantitative estimate of drug-likeness (QED) is 0.725. The molecule has 2 heterocycles. The molecular weight excluding hydrogens is 190 g/mol. The van der Waals surface area contributed by atoms with E-state index in [1.807, 2.05) is 25.1 Å². The maximum absolute atomic E-state index is 4.33. The van der Waals surface area contributed by atoms with Crippen LogP contribution >= 0.6 is 0 Å². The summed E-state index contributed by atoms with van der Waals surface area (Å²) in [6.45, 7) is 0. The van der Waals surface area contributed by atoms with Gasteiger partial charge in [0.25, 0.3) is 0 Å². The number of rotatable bonds is 2. The summed E-state index contributed by atoms with van der Waals surface area (Å²) in [6, 6.07) is 3.60. The molecule has 0 atom stereocenters. The lowest BCUT2D eigenvalue weighted by Crippen LogP contribution is -2.11. The Kier molecular flexibility index (Phi) is 2.53. The lowest BCUT2D eigenvalue weighted by molar-refractivity contribution is 1.02. The largest absolute Gasteiger partial charge is 0.363 e. The highest BCUT2D eigenvalue weighted by atomic mass is 15.2. The van der Waals surface area contributed by atoms with Crippen LogP contribution in [0.25, 0.3) is 11.6 Å². The molecule has 0 amide bonds. The summed E-state index contributed by atoms with van der Waals surface area (Å²) in [7, 11) is 3.86. The lowest BCUT2D eigenvalue weighted by atomic mass is 10.4. The Morgan fingerprint density at radius 2 is 1.60 bits per heavy atom. The van der Waals surface area contributed by atoms with E-state index in [9.17, 15) is 0 Å². The van der Waals surface area contributed by atoms with Gasteiger partial charge < -0.3 is 4.90 Å². The van der Waals surface area contributed by atoms with Gasteiger partial charge in [0.1, 0.15) is 5.82 Å². The zero-order valence-corrected chi connectivity index (χ0v) is 8.62. The van der Waals surface area contributed by atoms with Crippen molar-refractivity contribution < 1.29 is 0 Å². The van der Waals surface area contributed by atoms with Crippen molar-refractivity contribution in [3.8, 4) is 11.6 Å². The van der Waals surface area contributed by atoms with E-state index in [1.54, 1.807) is 24.7 Å². The predicted molar refractivity (Wildman–Crippen MR) is 57.4 cm³/mol. The summed E-state index contributed by atoms with van der Waals surface area (Å²) in [5, 5.41) is 0. The zero-order valence-electron chi connectivity index (χ0n) is 8.62. The molecule has 0 fully saturated rings.